The average molecular weight is 277 g/mol. The van der Waals surface area contributed by atoms with Crippen LogP contribution >= 0.6 is 0 Å². The van der Waals surface area contributed by atoms with Crippen molar-refractivity contribution in [1.82, 2.24) is 5.32 Å². The fourth-order valence-electron chi connectivity index (χ4n) is 2.68. The summed E-state index contributed by atoms with van der Waals surface area (Å²) in [6.45, 7) is 9.89. The molecule has 1 aromatic carbocycles. The summed E-state index contributed by atoms with van der Waals surface area (Å²) in [5.74, 6) is 2.36. The van der Waals surface area contributed by atoms with E-state index < -0.39 is 0 Å². The van der Waals surface area contributed by atoms with Crippen molar-refractivity contribution >= 4 is 0 Å². The molecule has 1 heterocycles. The van der Waals surface area contributed by atoms with Gasteiger partial charge in [0.05, 0.1) is 7.11 Å². The topological polar surface area (TPSA) is 30.5 Å². The maximum Gasteiger partial charge on any atom is 0.125 e. The van der Waals surface area contributed by atoms with Crippen LogP contribution in [0.25, 0.3) is 0 Å². The van der Waals surface area contributed by atoms with Gasteiger partial charge in [0, 0.05) is 18.0 Å². The van der Waals surface area contributed by atoms with Crippen molar-refractivity contribution in [2.75, 3.05) is 13.7 Å². The lowest BCUT2D eigenvalue weighted by molar-refractivity contribution is 0.00581. The SMILES string of the molecule is CCCNC1CC(C)(C(C)C)Oc2ccc(OC)cc21. The van der Waals surface area contributed by atoms with Crippen LogP contribution in [0.2, 0.25) is 0 Å². The normalized spacial score (nSPS) is 25.2. The maximum atomic E-state index is 6.30. The van der Waals surface area contributed by atoms with Crippen LogP contribution in [0.3, 0.4) is 0 Å². The summed E-state index contributed by atoms with van der Waals surface area (Å²) >= 11 is 0. The van der Waals surface area contributed by atoms with Crippen LogP contribution in [0.15, 0.2) is 18.2 Å². The van der Waals surface area contributed by atoms with Gasteiger partial charge in [-0.05, 0) is 44.0 Å². The van der Waals surface area contributed by atoms with Crippen LogP contribution in [-0.4, -0.2) is 19.3 Å². The minimum absolute atomic E-state index is 0.118. The molecule has 0 saturated carbocycles. The molecule has 0 amide bonds. The van der Waals surface area contributed by atoms with Crippen LogP contribution < -0.4 is 14.8 Å². The molecule has 0 saturated heterocycles. The number of methoxy groups -OCH3 is 1. The second-order valence-corrected chi connectivity index (χ2v) is 6.18. The highest BCUT2D eigenvalue weighted by Gasteiger charge is 2.39. The molecule has 112 valence electrons. The zero-order chi connectivity index (χ0) is 14.8. The third-order valence-electron chi connectivity index (χ3n) is 4.41. The van der Waals surface area contributed by atoms with Gasteiger partial charge in [-0.25, -0.2) is 0 Å². The zero-order valence-electron chi connectivity index (χ0n) is 13.3. The van der Waals surface area contributed by atoms with Gasteiger partial charge in [0.2, 0.25) is 0 Å². The minimum Gasteiger partial charge on any atom is -0.497 e. The highest BCUT2D eigenvalue weighted by atomic mass is 16.5. The smallest absolute Gasteiger partial charge is 0.125 e. The molecule has 0 bridgehead atoms. The summed E-state index contributed by atoms with van der Waals surface area (Å²) in [5.41, 5.74) is 1.10. The van der Waals surface area contributed by atoms with Crippen LogP contribution in [0.5, 0.6) is 11.5 Å². The Kier molecular flexibility index (Phi) is 4.59. The first kappa shape index (κ1) is 15.2. The summed E-state index contributed by atoms with van der Waals surface area (Å²) in [6.07, 6.45) is 2.12. The molecule has 0 aromatic heterocycles. The van der Waals surface area contributed by atoms with Gasteiger partial charge in [-0.1, -0.05) is 20.8 Å². The molecule has 3 nitrogen and oxygen atoms in total. The van der Waals surface area contributed by atoms with E-state index in [9.17, 15) is 0 Å². The molecular formula is C17H27NO2. The van der Waals surface area contributed by atoms with Crippen molar-refractivity contribution in [3.8, 4) is 11.5 Å². The third kappa shape index (κ3) is 2.93. The standard InChI is InChI=1S/C17H27NO2/c1-6-9-18-15-11-17(4,12(2)3)20-16-8-7-13(19-5)10-14(15)16/h7-8,10,12,15,18H,6,9,11H2,1-5H3. The molecule has 1 aliphatic rings. The summed E-state index contributed by atoms with van der Waals surface area (Å²) in [6, 6.07) is 6.44. The van der Waals surface area contributed by atoms with E-state index in [1.807, 2.05) is 12.1 Å². The number of ether oxygens (including phenoxy) is 2. The van der Waals surface area contributed by atoms with E-state index in [1.54, 1.807) is 7.11 Å². The molecule has 0 spiro atoms. The summed E-state index contributed by atoms with van der Waals surface area (Å²) in [7, 11) is 1.71. The van der Waals surface area contributed by atoms with E-state index in [0.717, 1.165) is 30.9 Å². The van der Waals surface area contributed by atoms with E-state index in [4.69, 9.17) is 9.47 Å². The fourth-order valence-corrected chi connectivity index (χ4v) is 2.68. The predicted molar refractivity (Wildman–Crippen MR) is 82.5 cm³/mol. The Bertz CT molecular complexity index is 458. The van der Waals surface area contributed by atoms with Crippen molar-refractivity contribution in [2.24, 2.45) is 5.92 Å². The Labute approximate surface area is 122 Å². The van der Waals surface area contributed by atoms with Gasteiger partial charge in [-0.2, -0.15) is 0 Å². The molecule has 2 unspecified atom stereocenters. The predicted octanol–water partition coefficient (Wildman–Crippen LogP) is 3.93. The second kappa shape index (κ2) is 6.04. The number of hydrogen-bond acceptors (Lipinski definition) is 3. The molecule has 2 rings (SSSR count). The van der Waals surface area contributed by atoms with Gasteiger partial charge in [0.1, 0.15) is 17.1 Å². The third-order valence-corrected chi connectivity index (χ3v) is 4.41. The molecular weight excluding hydrogens is 250 g/mol. The van der Waals surface area contributed by atoms with Gasteiger partial charge in [0.25, 0.3) is 0 Å². The Morgan fingerprint density at radius 3 is 2.80 bits per heavy atom. The fraction of sp³-hybridized carbons (Fsp3) is 0.647. The van der Waals surface area contributed by atoms with Gasteiger partial charge in [-0.3, -0.25) is 0 Å². The van der Waals surface area contributed by atoms with E-state index in [2.05, 4.69) is 39.1 Å². The van der Waals surface area contributed by atoms with Gasteiger partial charge in [-0.15, -0.1) is 0 Å². The quantitative estimate of drug-likeness (QED) is 0.884. The number of nitrogens with one attached hydrogen (secondary N) is 1. The zero-order valence-corrected chi connectivity index (χ0v) is 13.3. The van der Waals surface area contributed by atoms with Crippen molar-refractivity contribution in [3.05, 3.63) is 23.8 Å². The van der Waals surface area contributed by atoms with E-state index >= 15 is 0 Å². The second-order valence-electron chi connectivity index (χ2n) is 6.18. The molecule has 3 heteroatoms. The molecule has 0 fully saturated rings. The van der Waals surface area contributed by atoms with E-state index in [1.165, 1.54) is 5.56 Å². The monoisotopic (exact) mass is 277 g/mol. The maximum absolute atomic E-state index is 6.30. The van der Waals surface area contributed by atoms with Gasteiger partial charge in [0.15, 0.2) is 0 Å². The summed E-state index contributed by atoms with van der Waals surface area (Å²) in [5, 5.41) is 3.65. The molecule has 1 aromatic rings. The van der Waals surface area contributed by atoms with E-state index in [0.29, 0.717) is 12.0 Å². The number of hydrogen-bond donors (Lipinski definition) is 1. The van der Waals surface area contributed by atoms with Crippen LogP contribution in [-0.2, 0) is 0 Å². The summed E-state index contributed by atoms with van der Waals surface area (Å²) < 4.78 is 11.6. The Morgan fingerprint density at radius 2 is 2.20 bits per heavy atom. The van der Waals surface area contributed by atoms with Crippen LogP contribution in [0.4, 0.5) is 0 Å². The van der Waals surface area contributed by atoms with Crippen molar-refractivity contribution in [2.45, 2.75) is 52.2 Å². The minimum atomic E-state index is -0.118. The van der Waals surface area contributed by atoms with Crippen LogP contribution in [0.1, 0.15) is 52.1 Å². The first-order valence-corrected chi connectivity index (χ1v) is 7.60. The molecule has 20 heavy (non-hydrogen) atoms. The van der Waals surface area contributed by atoms with Gasteiger partial charge >= 0.3 is 0 Å². The summed E-state index contributed by atoms with van der Waals surface area (Å²) in [4.78, 5) is 0. The first-order valence-electron chi connectivity index (χ1n) is 7.60. The van der Waals surface area contributed by atoms with Crippen molar-refractivity contribution < 1.29 is 9.47 Å². The first-order chi connectivity index (χ1) is 9.50. The molecule has 0 radical (unpaired) electrons. The molecule has 2 atom stereocenters. The van der Waals surface area contributed by atoms with Crippen molar-refractivity contribution in [3.63, 3.8) is 0 Å². The van der Waals surface area contributed by atoms with Crippen molar-refractivity contribution in [1.29, 1.82) is 0 Å². The molecule has 1 aliphatic heterocycles. The number of fused-ring (bicyclic) bond motifs is 1. The van der Waals surface area contributed by atoms with Crippen LogP contribution in [0, 0.1) is 5.92 Å². The Morgan fingerprint density at radius 1 is 1.45 bits per heavy atom. The largest absolute Gasteiger partial charge is 0.497 e. The lowest BCUT2D eigenvalue weighted by atomic mass is 9.81. The number of rotatable bonds is 5. The van der Waals surface area contributed by atoms with Gasteiger partial charge < -0.3 is 14.8 Å². The highest BCUT2D eigenvalue weighted by Crippen LogP contribution is 2.43. The lowest BCUT2D eigenvalue weighted by Crippen LogP contribution is -2.45. The number of benzene rings is 1. The average Bonchev–Trinajstić information content (AvgIpc) is 2.44. The van der Waals surface area contributed by atoms with E-state index in [-0.39, 0.29) is 5.60 Å². The lowest BCUT2D eigenvalue weighted by Gasteiger charge is -2.43. The Hall–Kier alpha value is -1.22. The highest BCUT2D eigenvalue weighted by molar-refractivity contribution is 5.44. The molecule has 1 N–H and O–H groups in total. The Balaban J connectivity index is 2.35. The molecule has 0 aliphatic carbocycles.